The van der Waals surface area contributed by atoms with Crippen molar-refractivity contribution in [1.82, 2.24) is 14.8 Å². The highest BCUT2D eigenvalue weighted by atomic mass is 32.1. The number of piperazine rings is 1. The van der Waals surface area contributed by atoms with E-state index < -0.39 is 0 Å². The highest BCUT2D eigenvalue weighted by Gasteiger charge is 2.18. The summed E-state index contributed by atoms with van der Waals surface area (Å²) in [7, 11) is 0. The highest BCUT2D eigenvalue weighted by molar-refractivity contribution is 7.18. The van der Waals surface area contributed by atoms with Gasteiger partial charge >= 0.3 is 0 Å². The molecule has 0 spiro atoms. The van der Waals surface area contributed by atoms with Crippen LogP contribution < -0.4 is 0 Å². The number of hydrogen-bond donors (Lipinski definition) is 0. The SMILES string of the molecule is Fc1cccc(CN2CCN(Cc3nc4ccccc4s3)CC2)c1. The number of nitrogens with zero attached hydrogens (tertiary/aromatic N) is 3. The molecule has 1 saturated heterocycles. The molecular formula is C19H20FN3S. The van der Waals surface area contributed by atoms with Crippen LogP contribution in [0.25, 0.3) is 10.2 Å². The third-order valence-corrected chi connectivity index (χ3v) is 5.48. The fourth-order valence-corrected chi connectivity index (χ4v) is 4.19. The van der Waals surface area contributed by atoms with E-state index in [0.29, 0.717) is 0 Å². The number of aromatic nitrogens is 1. The molecule has 24 heavy (non-hydrogen) atoms. The zero-order chi connectivity index (χ0) is 16.4. The predicted octanol–water partition coefficient (Wildman–Crippen LogP) is 3.75. The first kappa shape index (κ1) is 15.7. The minimum atomic E-state index is -0.151. The van der Waals surface area contributed by atoms with Crippen molar-refractivity contribution >= 4 is 21.6 Å². The fraction of sp³-hybridized carbons (Fsp3) is 0.316. The molecule has 2 aromatic carbocycles. The number of fused-ring (bicyclic) bond motifs is 1. The Hall–Kier alpha value is -1.82. The molecule has 0 N–H and O–H groups in total. The molecule has 0 unspecified atom stereocenters. The van der Waals surface area contributed by atoms with Crippen molar-refractivity contribution in [2.24, 2.45) is 0 Å². The van der Waals surface area contributed by atoms with Gasteiger partial charge in [-0.15, -0.1) is 11.3 Å². The maximum atomic E-state index is 13.3. The molecule has 1 fully saturated rings. The Morgan fingerprint density at radius 2 is 1.67 bits per heavy atom. The van der Waals surface area contributed by atoms with Gasteiger partial charge in [-0.05, 0) is 29.8 Å². The summed E-state index contributed by atoms with van der Waals surface area (Å²) in [6, 6.07) is 15.2. The lowest BCUT2D eigenvalue weighted by molar-refractivity contribution is 0.122. The molecule has 0 aliphatic carbocycles. The molecular weight excluding hydrogens is 321 g/mol. The monoisotopic (exact) mass is 341 g/mol. The van der Waals surface area contributed by atoms with Crippen molar-refractivity contribution < 1.29 is 4.39 Å². The Bertz CT molecular complexity index is 791. The molecule has 3 nitrogen and oxygen atoms in total. The van der Waals surface area contributed by atoms with Crippen molar-refractivity contribution in [3.8, 4) is 0 Å². The zero-order valence-corrected chi connectivity index (χ0v) is 14.3. The molecule has 124 valence electrons. The van der Waals surface area contributed by atoms with E-state index in [1.165, 1.54) is 15.8 Å². The van der Waals surface area contributed by atoms with Crippen molar-refractivity contribution in [3.63, 3.8) is 0 Å². The average molecular weight is 341 g/mol. The molecule has 3 aromatic rings. The predicted molar refractivity (Wildman–Crippen MR) is 96.6 cm³/mol. The Labute approximate surface area is 145 Å². The largest absolute Gasteiger partial charge is 0.297 e. The van der Waals surface area contributed by atoms with Crippen LogP contribution in [-0.2, 0) is 13.1 Å². The lowest BCUT2D eigenvalue weighted by Gasteiger charge is -2.34. The maximum absolute atomic E-state index is 13.3. The minimum absolute atomic E-state index is 0.151. The zero-order valence-electron chi connectivity index (χ0n) is 13.5. The maximum Gasteiger partial charge on any atom is 0.123 e. The summed E-state index contributed by atoms with van der Waals surface area (Å²) in [6.07, 6.45) is 0. The Morgan fingerprint density at radius 3 is 2.42 bits per heavy atom. The van der Waals surface area contributed by atoms with Gasteiger partial charge < -0.3 is 0 Å². The third kappa shape index (κ3) is 3.64. The Kier molecular flexibility index (Phi) is 4.56. The van der Waals surface area contributed by atoms with Gasteiger partial charge in [0, 0.05) is 32.7 Å². The van der Waals surface area contributed by atoms with Crippen LogP contribution in [0.3, 0.4) is 0 Å². The van der Waals surface area contributed by atoms with Crippen LogP contribution in [0.1, 0.15) is 10.6 Å². The van der Waals surface area contributed by atoms with Gasteiger partial charge in [-0.25, -0.2) is 9.37 Å². The van der Waals surface area contributed by atoms with Gasteiger partial charge in [0.25, 0.3) is 0 Å². The number of benzene rings is 2. The van der Waals surface area contributed by atoms with E-state index in [0.717, 1.165) is 50.3 Å². The number of hydrogen-bond acceptors (Lipinski definition) is 4. The molecule has 0 saturated carbocycles. The molecule has 0 bridgehead atoms. The first-order valence-corrected chi connectivity index (χ1v) is 9.11. The normalized spacial score (nSPS) is 16.7. The van der Waals surface area contributed by atoms with Gasteiger partial charge in [-0.3, -0.25) is 9.80 Å². The van der Waals surface area contributed by atoms with E-state index in [-0.39, 0.29) is 5.82 Å². The van der Waals surface area contributed by atoms with E-state index in [2.05, 4.69) is 28.0 Å². The summed E-state index contributed by atoms with van der Waals surface area (Å²) in [5, 5.41) is 1.19. The number of thiazole rings is 1. The summed E-state index contributed by atoms with van der Waals surface area (Å²) < 4.78 is 14.5. The molecule has 5 heteroatoms. The molecule has 0 amide bonds. The van der Waals surface area contributed by atoms with Crippen molar-refractivity contribution in [1.29, 1.82) is 0 Å². The quantitative estimate of drug-likeness (QED) is 0.720. The second kappa shape index (κ2) is 6.97. The molecule has 1 aliphatic rings. The lowest BCUT2D eigenvalue weighted by Crippen LogP contribution is -2.45. The summed E-state index contributed by atoms with van der Waals surface area (Å²) in [6.45, 7) is 5.85. The van der Waals surface area contributed by atoms with Crippen LogP contribution >= 0.6 is 11.3 Å². The Balaban J connectivity index is 1.32. The third-order valence-electron chi connectivity index (χ3n) is 4.46. The molecule has 0 atom stereocenters. The molecule has 2 heterocycles. The summed E-state index contributed by atoms with van der Waals surface area (Å²) in [5.41, 5.74) is 2.15. The van der Waals surface area contributed by atoms with Gasteiger partial charge in [0.1, 0.15) is 10.8 Å². The van der Waals surface area contributed by atoms with Crippen LogP contribution in [0.15, 0.2) is 48.5 Å². The smallest absolute Gasteiger partial charge is 0.123 e. The van der Waals surface area contributed by atoms with Crippen molar-refractivity contribution in [2.45, 2.75) is 13.1 Å². The summed E-state index contributed by atoms with van der Waals surface area (Å²) in [5.74, 6) is -0.151. The van der Waals surface area contributed by atoms with Crippen LogP contribution in [-0.4, -0.2) is 41.0 Å². The lowest BCUT2D eigenvalue weighted by atomic mass is 10.2. The standard InChI is InChI=1S/C19H20FN3S/c20-16-5-3-4-15(12-16)13-22-8-10-23(11-9-22)14-19-21-17-6-1-2-7-18(17)24-19/h1-7,12H,8-11,13-14H2. The van der Waals surface area contributed by atoms with Crippen LogP contribution in [0.5, 0.6) is 0 Å². The van der Waals surface area contributed by atoms with Gasteiger partial charge in [-0.2, -0.15) is 0 Å². The summed E-state index contributed by atoms with van der Waals surface area (Å²) in [4.78, 5) is 9.58. The van der Waals surface area contributed by atoms with Gasteiger partial charge in [0.05, 0.1) is 16.8 Å². The second-order valence-electron chi connectivity index (χ2n) is 6.26. The minimum Gasteiger partial charge on any atom is -0.297 e. The van der Waals surface area contributed by atoms with E-state index in [9.17, 15) is 4.39 Å². The number of halogens is 1. The highest BCUT2D eigenvalue weighted by Crippen LogP contribution is 2.23. The van der Waals surface area contributed by atoms with E-state index >= 15 is 0 Å². The van der Waals surface area contributed by atoms with Crippen LogP contribution in [0, 0.1) is 5.82 Å². The first-order valence-electron chi connectivity index (χ1n) is 8.30. The van der Waals surface area contributed by atoms with Gasteiger partial charge in [0.15, 0.2) is 0 Å². The first-order chi connectivity index (χ1) is 11.8. The van der Waals surface area contributed by atoms with Gasteiger partial charge in [0.2, 0.25) is 0 Å². The topological polar surface area (TPSA) is 19.4 Å². The van der Waals surface area contributed by atoms with E-state index in [1.807, 2.05) is 12.1 Å². The van der Waals surface area contributed by atoms with Crippen molar-refractivity contribution in [3.05, 3.63) is 64.9 Å². The summed E-state index contributed by atoms with van der Waals surface area (Å²) >= 11 is 1.79. The second-order valence-corrected chi connectivity index (χ2v) is 7.37. The van der Waals surface area contributed by atoms with Crippen molar-refractivity contribution in [2.75, 3.05) is 26.2 Å². The number of rotatable bonds is 4. The van der Waals surface area contributed by atoms with Crippen LogP contribution in [0.2, 0.25) is 0 Å². The number of para-hydroxylation sites is 1. The van der Waals surface area contributed by atoms with Gasteiger partial charge in [-0.1, -0.05) is 24.3 Å². The van der Waals surface area contributed by atoms with Crippen LogP contribution in [0.4, 0.5) is 4.39 Å². The fourth-order valence-electron chi connectivity index (χ4n) is 3.18. The van der Waals surface area contributed by atoms with E-state index in [1.54, 1.807) is 23.5 Å². The molecule has 4 rings (SSSR count). The molecule has 1 aliphatic heterocycles. The Morgan fingerprint density at radius 1 is 0.917 bits per heavy atom. The van der Waals surface area contributed by atoms with E-state index in [4.69, 9.17) is 4.98 Å². The average Bonchev–Trinajstić information content (AvgIpc) is 2.99. The molecule has 0 radical (unpaired) electrons. The molecule has 1 aromatic heterocycles.